The van der Waals surface area contributed by atoms with Gasteiger partial charge in [-0.3, -0.25) is 4.79 Å². The van der Waals surface area contributed by atoms with Gasteiger partial charge in [-0.1, -0.05) is 63.2 Å². The van der Waals surface area contributed by atoms with Crippen molar-refractivity contribution in [3.05, 3.63) is 89.2 Å². The smallest absolute Gasteiger partial charge is 0.227 e. The van der Waals surface area contributed by atoms with Crippen molar-refractivity contribution in [2.24, 2.45) is 0 Å². The van der Waals surface area contributed by atoms with E-state index in [9.17, 15) is 4.79 Å². The molecule has 37 heavy (non-hydrogen) atoms. The van der Waals surface area contributed by atoms with E-state index in [4.69, 9.17) is 9.72 Å². The summed E-state index contributed by atoms with van der Waals surface area (Å²) in [6, 6.07) is 23.0. The highest BCUT2D eigenvalue weighted by Crippen LogP contribution is 2.35. The molecule has 1 aliphatic rings. The van der Waals surface area contributed by atoms with Gasteiger partial charge in [-0.15, -0.1) is 0 Å². The Hall–Kier alpha value is -3.60. The van der Waals surface area contributed by atoms with Crippen molar-refractivity contribution in [2.75, 3.05) is 18.1 Å². The monoisotopic (exact) mass is 495 g/mol. The van der Waals surface area contributed by atoms with Crippen LogP contribution in [0.15, 0.2) is 66.7 Å². The fourth-order valence-electron chi connectivity index (χ4n) is 5.48. The van der Waals surface area contributed by atoms with E-state index in [-0.39, 0.29) is 11.8 Å². The first kappa shape index (κ1) is 25.1. The standard InChI is InChI=1S/C32H37N3O2/c1-5-24-11-6-8-13-28(24)35-21-25(20-31(35)36)32-33-27-12-7-9-14-29(27)34(32)17-10-18-37-30-19-23(4)15-16-26(30)22(2)3/h6-9,11-16,19,22,25H,5,10,17-18,20-21H2,1-4H3. The van der Waals surface area contributed by atoms with Gasteiger partial charge in [0.1, 0.15) is 11.6 Å². The Morgan fingerprint density at radius 2 is 1.84 bits per heavy atom. The van der Waals surface area contributed by atoms with E-state index < -0.39 is 0 Å². The van der Waals surface area contributed by atoms with Crippen LogP contribution in [-0.4, -0.2) is 28.6 Å². The molecule has 1 atom stereocenters. The van der Waals surface area contributed by atoms with Gasteiger partial charge in [-0.25, -0.2) is 4.98 Å². The zero-order chi connectivity index (χ0) is 25.9. The van der Waals surface area contributed by atoms with Gasteiger partial charge >= 0.3 is 0 Å². The number of ether oxygens (including phenoxy) is 1. The van der Waals surface area contributed by atoms with Crippen LogP contribution in [0.4, 0.5) is 5.69 Å². The number of hydrogen-bond donors (Lipinski definition) is 0. The number of imidazole rings is 1. The number of carbonyl (C=O) groups excluding carboxylic acids is 1. The van der Waals surface area contributed by atoms with Crippen molar-refractivity contribution >= 4 is 22.6 Å². The van der Waals surface area contributed by atoms with Crippen molar-refractivity contribution < 1.29 is 9.53 Å². The molecule has 1 aromatic heterocycles. The molecule has 0 aliphatic carbocycles. The lowest BCUT2D eigenvalue weighted by Gasteiger charge is -2.20. The van der Waals surface area contributed by atoms with Gasteiger partial charge in [-0.05, 0) is 66.6 Å². The van der Waals surface area contributed by atoms with E-state index >= 15 is 0 Å². The second-order valence-corrected chi connectivity index (χ2v) is 10.4. The number of benzene rings is 3. The summed E-state index contributed by atoms with van der Waals surface area (Å²) < 4.78 is 8.59. The van der Waals surface area contributed by atoms with E-state index in [0.717, 1.165) is 47.7 Å². The highest BCUT2D eigenvalue weighted by atomic mass is 16.5. The zero-order valence-corrected chi connectivity index (χ0v) is 22.4. The van der Waals surface area contributed by atoms with Crippen LogP contribution < -0.4 is 9.64 Å². The fourth-order valence-corrected chi connectivity index (χ4v) is 5.48. The average Bonchev–Trinajstić information content (AvgIpc) is 3.46. The number of aromatic nitrogens is 2. The first-order chi connectivity index (χ1) is 18.0. The molecule has 4 aromatic rings. The van der Waals surface area contributed by atoms with Gasteiger partial charge in [0.05, 0.1) is 17.6 Å². The van der Waals surface area contributed by atoms with Gasteiger partial charge in [-0.2, -0.15) is 0 Å². The summed E-state index contributed by atoms with van der Waals surface area (Å²) in [5.74, 6) is 2.64. The summed E-state index contributed by atoms with van der Waals surface area (Å²) in [6.45, 7) is 10.7. The second kappa shape index (κ2) is 10.8. The van der Waals surface area contributed by atoms with Gasteiger partial charge in [0.2, 0.25) is 5.91 Å². The minimum atomic E-state index is 0.0649. The van der Waals surface area contributed by atoms with Crippen LogP contribution in [0, 0.1) is 6.92 Å². The van der Waals surface area contributed by atoms with Crippen LogP contribution in [0.2, 0.25) is 0 Å². The maximum atomic E-state index is 13.2. The van der Waals surface area contributed by atoms with Gasteiger partial charge < -0.3 is 14.2 Å². The largest absolute Gasteiger partial charge is 0.493 e. The van der Waals surface area contributed by atoms with Crippen molar-refractivity contribution in [1.29, 1.82) is 0 Å². The topological polar surface area (TPSA) is 47.4 Å². The minimum absolute atomic E-state index is 0.0649. The Kier molecular flexibility index (Phi) is 7.31. The van der Waals surface area contributed by atoms with E-state index in [1.54, 1.807) is 0 Å². The highest BCUT2D eigenvalue weighted by Gasteiger charge is 2.35. The number of rotatable bonds is 9. The lowest BCUT2D eigenvalue weighted by molar-refractivity contribution is -0.117. The van der Waals surface area contributed by atoms with Crippen molar-refractivity contribution in [3.8, 4) is 5.75 Å². The molecule has 1 saturated heterocycles. The number of fused-ring (bicyclic) bond motifs is 1. The van der Waals surface area contributed by atoms with E-state index in [2.05, 4.69) is 80.8 Å². The van der Waals surface area contributed by atoms with Crippen LogP contribution in [0.5, 0.6) is 5.75 Å². The summed E-state index contributed by atoms with van der Waals surface area (Å²) in [5, 5.41) is 0. The number of hydrogen-bond acceptors (Lipinski definition) is 3. The molecule has 192 valence electrons. The predicted octanol–water partition coefficient (Wildman–Crippen LogP) is 7.02. The average molecular weight is 496 g/mol. The molecular weight excluding hydrogens is 458 g/mol. The van der Waals surface area contributed by atoms with Crippen LogP contribution in [-0.2, 0) is 17.8 Å². The van der Waals surface area contributed by atoms with Crippen molar-refractivity contribution in [1.82, 2.24) is 9.55 Å². The third kappa shape index (κ3) is 5.13. The maximum Gasteiger partial charge on any atom is 0.227 e. The minimum Gasteiger partial charge on any atom is -0.493 e. The van der Waals surface area contributed by atoms with Crippen molar-refractivity contribution in [2.45, 2.75) is 65.3 Å². The molecule has 5 nitrogen and oxygen atoms in total. The third-order valence-corrected chi connectivity index (χ3v) is 7.41. The van der Waals surface area contributed by atoms with Gasteiger partial charge in [0.25, 0.3) is 0 Å². The molecule has 5 rings (SSSR count). The van der Waals surface area contributed by atoms with Crippen LogP contribution in [0.1, 0.15) is 68.0 Å². The quantitative estimate of drug-likeness (QED) is 0.234. The van der Waals surface area contributed by atoms with Crippen LogP contribution in [0.3, 0.4) is 0 Å². The van der Waals surface area contributed by atoms with Crippen LogP contribution >= 0.6 is 0 Å². The van der Waals surface area contributed by atoms with Gasteiger partial charge in [0, 0.05) is 31.1 Å². The first-order valence-electron chi connectivity index (χ1n) is 13.5. The van der Waals surface area contributed by atoms with E-state index in [0.29, 0.717) is 25.5 Å². The molecule has 1 aliphatic heterocycles. The van der Waals surface area contributed by atoms with E-state index in [1.165, 1.54) is 16.7 Å². The molecule has 0 N–H and O–H groups in total. The second-order valence-electron chi connectivity index (χ2n) is 10.4. The summed E-state index contributed by atoms with van der Waals surface area (Å²) >= 11 is 0. The Labute approximate surface area is 220 Å². The molecule has 0 bridgehead atoms. The summed E-state index contributed by atoms with van der Waals surface area (Å²) in [4.78, 5) is 20.1. The first-order valence-corrected chi connectivity index (χ1v) is 13.5. The number of anilines is 1. The summed E-state index contributed by atoms with van der Waals surface area (Å²) in [5.41, 5.74) is 6.81. The number of para-hydroxylation sites is 3. The molecule has 0 spiro atoms. The summed E-state index contributed by atoms with van der Waals surface area (Å²) in [6.07, 6.45) is 2.25. The number of nitrogens with zero attached hydrogens (tertiary/aromatic N) is 3. The number of aryl methyl sites for hydroxylation is 3. The normalized spacial score (nSPS) is 15.8. The SMILES string of the molecule is CCc1ccccc1N1CC(c2nc3ccccc3n2CCCOc2cc(C)ccc2C(C)C)CC1=O. The number of carbonyl (C=O) groups is 1. The van der Waals surface area contributed by atoms with Crippen LogP contribution in [0.25, 0.3) is 11.0 Å². The molecule has 5 heteroatoms. The molecule has 0 saturated carbocycles. The molecule has 3 aromatic carbocycles. The van der Waals surface area contributed by atoms with Crippen molar-refractivity contribution in [3.63, 3.8) is 0 Å². The molecule has 1 unspecified atom stereocenters. The predicted molar refractivity (Wildman–Crippen MR) is 151 cm³/mol. The van der Waals surface area contributed by atoms with E-state index in [1.807, 2.05) is 23.1 Å². The zero-order valence-electron chi connectivity index (χ0n) is 22.4. The maximum absolute atomic E-state index is 13.2. The Morgan fingerprint density at radius 1 is 1.05 bits per heavy atom. The Morgan fingerprint density at radius 3 is 2.65 bits per heavy atom. The summed E-state index contributed by atoms with van der Waals surface area (Å²) in [7, 11) is 0. The lowest BCUT2D eigenvalue weighted by Crippen LogP contribution is -2.25. The Bertz CT molecular complexity index is 1400. The lowest BCUT2D eigenvalue weighted by atomic mass is 10.0. The molecule has 1 fully saturated rings. The Balaban J connectivity index is 1.35. The fraction of sp³-hybridized carbons (Fsp3) is 0.375. The molecule has 2 heterocycles. The molecular formula is C32H37N3O2. The number of amides is 1. The van der Waals surface area contributed by atoms with Gasteiger partial charge in [0.15, 0.2) is 0 Å². The third-order valence-electron chi connectivity index (χ3n) is 7.41. The molecule has 1 amide bonds. The molecule has 0 radical (unpaired) electrons. The highest BCUT2D eigenvalue weighted by molar-refractivity contribution is 5.97.